The molecule has 1 aliphatic heterocycles. The SMILES string of the molecule is CNCc1cnc(N2CC(=O)NC(=O)C2(C)C)nc1. The number of nitrogens with zero attached hydrogens (tertiary/aromatic N) is 3. The van der Waals surface area contributed by atoms with Crippen molar-refractivity contribution in [2.45, 2.75) is 25.9 Å². The molecule has 0 unspecified atom stereocenters. The van der Waals surface area contributed by atoms with Gasteiger partial charge in [-0.2, -0.15) is 0 Å². The fourth-order valence-corrected chi connectivity index (χ4v) is 1.89. The maximum absolute atomic E-state index is 11.8. The third-order valence-corrected chi connectivity index (χ3v) is 3.10. The minimum atomic E-state index is -0.849. The molecule has 0 bridgehead atoms. The molecule has 19 heavy (non-hydrogen) atoms. The van der Waals surface area contributed by atoms with Gasteiger partial charge in [-0.15, -0.1) is 0 Å². The summed E-state index contributed by atoms with van der Waals surface area (Å²) in [6.07, 6.45) is 3.37. The Kier molecular flexibility index (Phi) is 3.48. The van der Waals surface area contributed by atoms with E-state index in [1.807, 2.05) is 7.05 Å². The second-order valence-corrected chi connectivity index (χ2v) is 4.94. The molecular formula is C12H17N5O2. The lowest BCUT2D eigenvalue weighted by Crippen LogP contribution is -2.64. The maximum atomic E-state index is 11.8. The average molecular weight is 263 g/mol. The lowest BCUT2D eigenvalue weighted by Gasteiger charge is -2.39. The Bertz CT molecular complexity index is 497. The number of carbonyl (C=O) groups excluding carboxylic acids is 2. The zero-order valence-electron chi connectivity index (χ0n) is 11.2. The van der Waals surface area contributed by atoms with Crippen LogP contribution >= 0.6 is 0 Å². The molecule has 0 radical (unpaired) electrons. The van der Waals surface area contributed by atoms with Crippen molar-refractivity contribution < 1.29 is 9.59 Å². The Morgan fingerprint density at radius 2 is 2.00 bits per heavy atom. The molecule has 0 saturated carbocycles. The van der Waals surface area contributed by atoms with Crippen molar-refractivity contribution in [2.24, 2.45) is 0 Å². The number of nitrogens with one attached hydrogen (secondary N) is 2. The van der Waals surface area contributed by atoms with Crippen molar-refractivity contribution in [1.82, 2.24) is 20.6 Å². The third kappa shape index (κ3) is 2.55. The van der Waals surface area contributed by atoms with Crippen LogP contribution in [0.2, 0.25) is 0 Å². The highest BCUT2D eigenvalue weighted by Gasteiger charge is 2.42. The van der Waals surface area contributed by atoms with Crippen molar-refractivity contribution in [3.8, 4) is 0 Å². The van der Waals surface area contributed by atoms with Crippen LogP contribution in [0.15, 0.2) is 12.4 Å². The first kappa shape index (κ1) is 13.4. The second kappa shape index (κ2) is 4.93. The molecule has 2 amide bonds. The average Bonchev–Trinajstić information content (AvgIpc) is 2.36. The first-order chi connectivity index (χ1) is 8.95. The molecule has 1 saturated heterocycles. The van der Waals surface area contributed by atoms with E-state index in [0.29, 0.717) is 12.5 Å². The first-order valence-electron chi connectivity index (χ1n) is 6.02. The van der Waals surface area contributed by atoms with Crippen LogP contribution in [0, 0.1) is 0 Å². The van der Waals surface area contributed by atoms with Crippen molar-refractivity contribution in [1.29, 1.82) is 0 Å². The van der Waals surface area contributed by atoms with Gasteiger partial charge in [0, 0.05) is 24.5 Å². The predicted molar refractivity (Wildman–Crippen MR) is 69.4 cm³/mol. The molecule has 1 fully saturated rings. The monoisotopic (exact) mass is 263 g/mol. The molecule has 0 aromatic carbocycles. The van der Waals surface area contributed by atoms with Crippen molar-refractivity contribution in [3.05, 3.63) is 18.0 Å². The van der Waals surface area contributed by atoms with Crippen molar-refractivity contribution in [3.63, 3.8) is 0 Å². The van der Waals surface area contributed by atoms with E-state index in [2.05, 4.69) is 20.6 Å². The topological polar surface area (TPSA) is 87.2 Å². The zero-order chi connectivity index (χ0) is 14.0. The summed E-state index contributed by atoms with van der Waals surface area (Å²) in [7, 11) is 1.84. The van der Waals surface area contributed by atoms with Gasteiger partial charge in [0.15, 0.2) is 0 Å². The second-order valence-electron chi connectivity index (χ2n) is 4.94. The van der Waals surface area contributed by atoms with Gasteiger partial charge in [-0.1, -0.05) is 0 Å². The summed E-state index contributed by atoms with van der Waals surface area (Å²) in [5.41, 5.74) is 0.0927. The molecule has 0 spiro atoms. The summed E-state index contributed by atoms with van der Waals surface area (Å²) in [6, 6.07) is 0. The van der Waals surface area contributed by atoms with Crippen molar-refractivity contribution >= 4 is 17.8 Å². The Hall–Kier alpha value is -2.02. The molecule has 0 aliphatic carbocycles. The van der Waals surface area contributed by atoms with Gasteiger partial charge in [-0.3, -0.25) is 14.9 Å². The van der Waals surface area contributed by atoms with Crippen LogP contribution in [0.4, 0.5) is 5.95 Å². The smallest absolute Gasteiger partial charge is 0.252 e. The fraction of sp³-hybridized carbons (Fsp3) is 0.500. The molecule has 7 nitrogen and oxygen atoms in total. The number of piperazine rings is 1. The summed E-state index contributed by atoms with van der Waals surface area (Å²) >= 11 is 0. The summed E-state index contributed by atoms with van der Waals surface area (Å²) in [5.74, 6) is -0.299. The maximum Gasteiger partial charge on any atom is 0.252 e. The number of carbonyl (C=O) groups is 2. The Morgan fingerprint density at radius 3 is 2.58 bits per heavy atom. The van der Waals surface area contributed by atoms with Crippen LogP contribution in [-0.4, -0.2) is 40.9 Å². The van der Waals surface area contributed by atoms with E-state index < -0.39 is 5.54 Å². The van der Waals surface area contributed by atoms with Gasteiger partial charge >= 0.3 is 0 Å². The third-order valence-electron chi connectivity index (χ3n) is 3.10. The number of aromatic nitrogens is 2. The number of hydrogen-bond donors (Lipinski definition) is 2. The minimum Gasteiger partial charge on any atom is -0.317 e. The molecule has 1 aromatic heterocycles. The standard InChI is InChI=1S/C12H17N5O2/c1-12(2)10(19)16-9(18)7-17(12)11-14-5-8(4-13-3)6-15-11/h5-6,13H,4,7H2,1-3H3,(H,16,18,19). The number of hydrogen-bond acceptors (Lipinski definition) is 6. The van der Waals surface area contributed by atoms with E-state index >= 15 is 0 Å². The van der Waals surface area contributed by atoms with E-state index in [1.54, 1.807) is 31.1 Å². The Balaban J connectivity index is 2.28. The van der Waals surface area contributed by atoms with Crippen LogP contribution < -0.4 is 15.5 Å². The highest BCUT2D eigenvalue weighted by Crippen LogP contribution is 2.22. The van der Waals surface area contributed by atoms with Gasteiger partial charge in [0.2, 0.25) is 11.9 Å². The molecule has 1 aromatic rings. The van der Waals surface area contributed by atoms with E-state index in [0.717, 1.165) is 5.56 Å². The van der Waals surface area contributed by atoms with Gasteiger partial charge in [0.05, 0.1) is 0 Å². The number of anilines is 1. The van der Waals surface area contributed by atoms with E-state index in [-0.39, 0.29) is 18.4 Å². The van der Waals surface area contributed by atoms with E-state index in [1.165, 1.54) is 0 Å². The molecule has 102 valence electrons. The minimum absolute atomic E-state index is 0.0735. The van der Waals surface area contributed by atoms with Crippen LogP contribution in [0.5, 0.6) is 0 Å². The molecule has 7 heteroatoms. The largest absolute Gasteiger partial charge is 0.317 e. The molecular weight excluding hydrogens is 246 g/mol. The van der Waals surface area contributed by atoms with Crippen LogP contribution in [-0.2, 0) is 16.1 Å². The Labute approximate surface area is 111 Å². The number of rotatable bonds is 3. The van der Waals surface area contributed by atoms with Gasteiger partial charge in [0.25, 0.3) is 5.91 Å². The quantitative estimate of drug-likeness (QED) is 0.711. The number of amides is 2. The highest BCUT2D eigenvalue weighted by atomic mass is 16.2. The summed E-state index contributed by atoms with van der Waals surface area (Å²) in [4.78, 5) is 33.4. The summed E-state index contributed by atoms with van der Waals surface area (Å²) in [5, 5.41) is 5.32. The molecule has 2 heterocycles. The lowest BCUT2D eigenvalue weighted by molar-refractivity contribution is -0.135. The highest BCUT2D eigenvalue weighted by molar-refractivity contribution is 6.06. The summed E-state index contributed by atoms with van der Waals surface area (Å²) < 4.78 is 0. The van der Waals surface area contributed by atoms with Crippen LogP contribution in [0.25, 0.3) is 0 Å². The molecule has 2 N–H and O–H groups in total. The zero-order valence-corrected chi connectivity index (χ0v) is 11.2. The summed E-state index contributed by atoms with van der Waals surface area (Å²) in [6.45, 7) is 4.21. The fourth-order valence-electron chi connectivity index (χ4n) is 1.89. The van der Waals surface area contributed by atoms with Gasteiger partial charge in [0.1, 0.15) is 12.1 Å². The molecule has 1 aliphatic rings. The van der Waals surface area contributed by atoms with Crippen molar-refractivity contribution in [2.75, 3.05) is 18.5 Å². The number of imide groups is 1. The molecule has 0 atom stereocenters. The van der Waals surface area contributed by atoms with Gasteiger partial charge < -0.3 is 10.2 Å². The van der Waals surface area contributed by atoms with E-state index in [9.17, 15) is 9.59 Å². The van der Waals surface area contributed by atoms with Crippen LogP contribution in [0.3, 0.4) is 0 Å². The van der Waals surface area contributed by atoms with Gasteiger partial charge in [-0.25, -0.2) is 9.97 Å². The molecule has 2 rings (SSSR count). The van der Waals surface area contributed by atoms with Gasteiger partial charge in [-0.05, 0) is 20.9 Å². The Morgan fingerprint density at radius 1 is 1.37 bits per heavy atom. The predicted octanol–water partition coefficient (Wildman–Crippen LogP) is -0.563. The normalized spacial score (nSPS) is 18.4. The first-order valence-corrected chi connectivity index (χ1v) is 6.02. The van der Waals surface area contributed by atoms with Crippen LogP contribution in [0.1, 0.15) is 19.4 Å². The lowest BCUT2D eigenvalue weighted by atomic mass is 9.99. The van der Waals surface area contributed by atoms with E-state index in [4.69, 9.17) is 0 Å².